The second-order valence-electron chi connectivity index (χ2n) is 6.10. The van der Waals surface area contributed by atoms with Crippen molar-refractivity contribution in [3.63, 3.8) is 0 Å². The number of hydrogen-bond acceptors (Lipinski definition) is 3. The molecule has 1 aliphatic carbocycles. The Balaban J connectivity index is 2.73. The van der Waals surface area contributed by atoms with Gasteiger partial charge >= 0.3 is 6.03 Å². The minimum absolute atomic E-state index is 0.0235. The van der Waals surface area contributed by atoms with Crippen LogP contribution in [-0.4, -0.2) is 31.5 Å². The molecule has 0 aromatic carbocycles. The quantitative estimate of drug-likeness (QED) is 0.782. The maximum Gasteiger partial charge on any atom is 0.312 e. The Labute approximate surface area is 116 Å². The van der Waals surface area contributed by atoms with Gasteiger partial charge in [-0.25, -0.2) is 13.2 Å². The van der Waals surface area contributed by atoms with E-state index in [0.29, 0.717) is 25.2 Å². The fourth-order valence-electron chi connectivity index (χ4n) is 2.70. The van der Waals surface area contributed by atoms with Gasteiger partial charge < -0.3 is 11.1 Å². The van der Waals surface area contributed by atoms with E-state index in [1.165, 1.54) is 0 Å². The van der Waals surface area contributed by atoms with Gasteiger partial charge in [0.1, 0.15) is 0 Å². The molecule has 1 saturated carbocycles. The number of primary amides is 1. The molecule has 1 fully saturated rings. The summed E-state index contributed by atoms with van der Waals surface area (Å²) < 4.78 is 24.4. The third kappa shape index (κ3) is 5.80. The molecule has 0 bridgehead atoms. The summed E-state index contributed by atoms with van der Waals surface area (Å²) in [4.78, 5) is 11.1. The van der Waals surface area contributed by atoms with Gasteiger partial charge in [-0.1, -0.05) is 33.1 Å². The first kappa shape index (κ1) is 16.3. The first-order chi connectivity index (χ1) is 8.75. The molecular weight excluding hydrogens is 264 g/mol. The van der Waals surface area contributed by atoms with E-state index in [4.69, 9.17) is 5.73 Å². The van der Waals surface area contributed by atoms with Crippen LogP contribution in [0.25, 0.3) is 0 Å². The average molecular weight is 290 g/mol. The van der Waals surface area contributed by atoms with E-state index in [2.05, 4.69) is 5.32 Å². The van der Waals surface area contributed by atoms with Crippen LogP contribution in [0, 0.1) is 5.92 Å². The Morgan fingerprint density at radius 1 is 1.26 bits per heavy atom. The van der Waals surface area contributed by atoms with Crippen LogP contribution >= 0.6 is 0 Å². The number of rotatable bonds is 6. The summed E-state index contributed by atoms with van der Waals surface area (Å²) >= 11 is 0. The van der Waals surface area contributed by atoms with Crippen molar-refractivity contribution < 1.29 is 13.2 Å². The van der Waals surface area contributed by atoms with Crippen LogP contribution in [-0.2, 0) is 9.84 Å². The molecule has 112 valence electrons. The number of amides is 2. The third-order valence-corrected chi connectivity index (χ3v) is 5.55. The number of nitrogens with two attached hydrogens (primary N) is 1. The van der Waals surface area contributed by atoms with E-state index in [0.717, 1.165) is 19.3 Å². The van der Waals surface area contributed by atoms with Crippen molar-refractivity contribution in [1.29, 1.82) is 0 Å². The van der Waals surface area contributed by atoms with Crippen molar-refractivity contribution in [2.24, 2.45) is 11.7 Å². The average Bonchev–Trinajstić information content (AvgIpc) is 2.25. The molecule has 0 saturated heterocycles. The van der Waals surface area contributed by atoms with Crippen LogP contribution in [0.15, 0.2) is 0 Å². The monoisotopic (exact) mass is 290 g/mol. The van der Waals surface area contributed by atoms with Crippen LogP contribution in [0.1, 0.15) is 52.4 Å². The molecule has 3 N–H and O–H groups in total. The standard InChI is InChI=1S/C13H26N2O3S/c1-11(2)6-9-19(17,18)10-13(15-12(14)16)7-4-3-5-8-13/h11H,3-10H2,1-2H3,(H3,14,15,16). The van der Waals surface area contributed by atoms with Crippen molar-refractivity contribution in [2.75, 3.05) is 11.5 Å². The van der Waals surface area contributed by atoms with E-state index in [1.807, 2.05) is 13.8 Å². The molecule has 6 heteroatoms. The lowest BCUT2D eigenvalue weighted by atomic mass is 9.83. The largest absolute Gasteiger partial charge is 0.352 e. The number of sulfone groups is 1. The van der Waals surface area contributed by atoms with Crippen LogP contribution in [0.2, 0.25) is 0 Å². The normalized spacial score (nSPS) is 19.3. The van der Waals surface area contributed by atoms with Gasteiger partial charge in [-0.3, -0.25) is 0 Å². The minimum atomic E-state index is -3.15. The molecule has 0 heterocycles. The molecule has 0 aliphatic heterocycles. The summed E-state index contributed by atoms with van der Waals surface area (Å²) in [5.74, 6) is 0.573. The molecule has 0 atom stereocenters. The van der Waals surface area contributed by atoms with E-state index in [-0.39, 0.29) is 11.5 Å². The lowest BCUT2D eigenvalue weighted by molar-refractivity contribution is 0.219. The number of nitrogens with one attached hydrogen (secondary N) is 1. The summed E-state index contributed by atoms with van der Waals surface area (Å²) in [5, 5.41) is 2.70. The number of hydrogen-bond donors (Lipinski definition) is 2. The minimum Gasteiger partial charge on any atom is -0.352 e. The molecule has 0 spiro atoms. The molecular formula is C13H26N2O3S. The highest BCUT2D eigenvalue weighted by atomic mass is 32.2. The van der Waals surface area contributed by atoms with Gasteiger partial charge in [0.25, 0.3) is 0 Å². The molecule has 5 nitrogen and oxygen atoms in total. The first-order valence-electron chi connectivity index (χ1n) is 7.03. The van der Waals surface area contributed by atoms with Gasteiger partial charge in [-0.15, -0.1) is 0 Å². The Morgan fingerprint density at radius 2 is 1.84 bits per heavy atom. The fourth-order valence-corrected chi connectivity index (χ4v) is 4.88. The van der Waals surface area contributed by atoms with E-state index in [1.54, 1.807) is 0 Å². The van der Waals surface area contributed by atoms with E-state index < -0.39 is 21.4 Å². The molecule has 1 rings (SSSR count). The Morgan fingerprint density at radius 3 is 2.32 bits per heavy atom. The van der Waals surface area contributed by atoms with Gasteiger partial charge in [-0.05, 0) is 25.2 Å². The Hall–Kier alpha value is -0.780. The zero-order valence-corrected chi connectivity index (χ0v) is 12.8. The van der Waals surface area contributed by atoms with Crippen molar-refractivity contribution in [3.05, 3.63) is 0 Å². The first-order valence-corrected chi connectivity index (χ1v) is 8.85. The van der Waals surface area contributed by atoms with Crippen molar-refractivity contribution in [1.82, 2.24) is 5.32 Å². The highest BCUT2D eigenvalue weighted by Gasteiger charge is 2.37. The Kier molecular flexibility index (Phi) is 5.64. The van der Waals surface area contributed by atoms with Gasteiger partial charge in [-0.2, -0.15) is 0 Å². The van der Waals surface area contributed by atoms with Crippen molar-refractivity contribution in [3.8, 4) is 0 Å². The van der Waals surface area contributed by atoms with Crippen LogP contribution < -0.4 is 11.1 Å². The van der Waals surface area contributed by atoms with Gasteiger partial charge in [0.05, 0.1) is 17.0 Å². The Bertz CT molecular complexity index is 398. The predicted octanol–water partition coefficient (Wildman–Crippen LogP) is 1.82. The lowest BCUT2D eigenvalue weighted by Gasteiger charge is -2.37. The fraction of sp³-hybridized carbons (Fsp3) is 0.923. The van der Waals surface area contributed by atoms with Crippen LogP contribution in [0.4, 0.5) is 4.79 Å². The zero-order chi connectivity index (χ0) is 14.5. The highest BCUT2D eigenvalue weighted by Crippen LogP contribution is 2.30. The van der Waals surface area contributed by atoms with Crippen LogP contribution in [0.3, 0.4) is 0 Å². The molecule has 0 radical (unpaired) electrons. The van der Waals surface area contributed by atoms with Crippen LogP contribution in [0.5, 0.6) is 0 Å². The molecule has 0 aromatic rings. The van der Waals surface area contributed by atoms with Gasteiger partial charge in [0.15, 0.2) is 9.84 Å². The van der Waals surface area contributed by atoms with Gasteiger partial charge in [0.2, 0.25) is 0 Å². The summed E-state index contributed by atoms with van der Waals surface area (Å²) in [7, 11) is -3.15. The molecule has 0 aromatic heterocycles. The van der Waals surface area contributed by atoms with Crippen molar-refractivity contribution in [2.45, 2.75) is 57.9 Å². The van der Waals surface area contributed by atoms with E-state index in [9.17, 15) is 13.2 Å². The maximum absolute atomic E-state index is 12.2. The van der Waals surface area contributed by atoms with Gasteiger partial charge in [0, 0.05) is 0 Å². The SMILES string of the molecule is CC(C)CCS(=O)(=O)CC1(NC(N)=O)CCCCC1. The number of carbonyl (C=O) groups is 1. The second kappa shape index (κ2) is 6.59. The lowest BCUT2D eigenvalue weighted by Crippen LogP contribution is -2.56. The third-order valence-electron chi connectivity index (χ3n) is 3.70. The summed E-state index contributed by atoms with van der Waals surface area (Å²) in [6.45, 7) is 4.01. The van der Waals surface area contributed by atoms with Crippen molar-refractivity contribution >= 4 is 15.9 Å². The van der Waals surface area contributed by atoms with E-state index >= 15 is 0 Å². The molecule has 19 heavy (non-hydrogen) atoms. The number of urea groups is 1. The zero-order valence-electron chi connectivity index (χ0n) is 11.9. The number of carbonyl (C=O) groups excluding carboxylic acids is 1. The summed E-state index contributed by atoms with van der Waals surface area (Å²) in [6, 6.07) is -0.624. The predicted molar refractivity (Wildman–Crippen MR) is 76.6 cm³/mol. The summed E-state index contributed by atoms with van der Waals surface area (Å²) in [5.41, 5.74) is 4.57. The molecule has 1 aliphatic rings. The topological polar surface area (TPSA) is 89.3 Å². The second-order valence-corrected chi connectivity index (χ2v) is 8.29. The maximum atomic E-state index is 12.2. The molecule has 0 unspecified atom stereocenters. The highest BCUT2D eigenvalue weighted by molar-refractivity contribution is 7.91. The smallest absolute Gasteiger partial charge is 0.312 e. The molecule has 2 amide bonds. The summed E-state index contributed by atoms with van der Waals surface area (Å²) in [6.07, 6.45) is 5.05.